The molecule has 0 aliphatic carbocycles. The van der Waals surface area contributed by atoms with E-state index in [1.54, 1.807) is 6.92 Å². The SMILES string of the molecule is CCC(O)C(O)C(CO)NCI. The van der Waals surface area contributed by atoms with E-state index in [2.05, 4.69) is 27.9 Å². The second-order valence-electron chi connectivity index (χ2n) is 2.59. The molecule has 0 fully saturated rings. The lowest BCUT2D eigenvalue weighted by atomic mass is 10.0. The summed E-state index contributed by atoms with van der Waals surface area (Å²) in [6, 6.07) is -0.433. The van der Waals surface area contributed by atoms with Crippen LogP contribution >= 0.6 is 22.6 Å². The number of rotatable bonds is 6. The van der Waals surface area contributed by atoms with Crippen molar-refractivity contribution < 1.29 is 15.3 Å². The normalized spacial score (nSPS) is 18.8. The average molecular weight is 289 g/mol. The molecule has 0 spiro atoms. The van der Waals surface area contributed by atoms with Gasteiger partial charge in [-0.25, -0.2) is 0 Å². The second kappa shape index (κ2) is 7.02. The summed E-state index contributed by atoms with van der Waals surface area (Å²) >= 11 is 2.08. The van der Waals surface area contributed by atoms with Gasteiger partial charge in [0.05, 0.1) is 24.9 Å². The first-order valence-electron chi connectivity index (χ1n) is 3.93. The highest BCUT2D eigenvalue weighted by Gasteiger charge is 2.23. The Morgan fingerprint density at radius 2 is 2.00 bits per heavy atom. The standard InChI is InChI=1S/C7H16INO3/c1-2-6(11)7(12)5(3-10)9-4-8/h5-7,9-12H,2-4H2,1H3. The molecular formula is C7H16INO3. The van der Waals surface area contributed by atoms with Gasteiger partial charge in [-0.05, 0) is 6.42 Å². The Balaban J connectivity index is 3.91. The summed E-state index contributed by atoms with van der Waals surface area (Å²) < 4.78 is 0.635. The molecule has 0 rings (SSSR count). The van der Waals surface area contributed by atoms with E-state index in [9.17, 15) is 10.2 Å². The van der Waals surface area contributed by atoms with Crippen LogP contribution in [0.15, 0.2) is 0 Å². The van der Waals surface area contributed by atoms with E-state index in [4.69, 9.17) is 5.11 Å². The minimum atomic E-state index is -0.894. The summed E-state index contributed by atoms with van der Waals surface area (Å²) in [5, 5.41) is 30.4. The molecular weight excluding hydrogens is 273 g/mol. The quantitative estimate of drug-likeness (QED) is 0.301. The number of aliphatic hydroxyl groups is 3. The van der Waals surface area contributed by atoms with Crippen LogP contribution in [0.3, 0.4) is 0 Å². The van der Waals surface area contributed by atoms with Crippen LogP contribution in [0.25, 0.3) is 0 Å². The molecule has 0 aliphatic heterocycles. The van der Waals surface area contributed by atoms with Gasteiger partial charge in [0.15, 0.2) is 0 Å². The molecule has 5 heteroatoms. The third kappa shape index (κ3) is 3.99. The minimum Gasteiger partial charge on any atom is -0.395 e. The van der Waals surface area contributed by atoms with Crippen molar-refractivity contribution in [2.24, 2.45) is 0 Å². The molecule has 0 amide bonds. The molecule has 0 saturated carbocycles. The summed E-state index contributed by atoms with van der Waals surface area (Å²) in [7, 11) is 0. The van der Waals surface area contributed by atoms with E-state index in [1.165, 1.54) is 0 Å². The number of hydrogen-bond acceptors (Lipinski definition) is 4. The maximum Gasteiger partial charge on any atom is 0.0974 e. The van der Waals surface area contributed by atoms with E-state index in [1.807, 2.05) is 0 Å². The molecule has 12 heavy (non-hydrogen) atoms. The van der Waals surface area contributed by atoms with Gasteiger partial charge in [0.25, 0.3) is 0 Å². The van der Waals surface area contributed by atoms with Crippen molar-refractivity contribution in [3.63, 3.8) is 0 Å². The van der Waals surface area contributed by atoms with Crippen molar-refractivity contribution in [2.75, 3.05) is 11.2 Å². The van der Waals surface area contributed by atoms with Crippen molar-refractivity contribution in [1.82, 2.24) is 5.32 Å². The van der Waals surface area contributed by atoms with Gasteiger partial charge in [0.2, 0.25) is 0 Å². The second-order valence-corrected chi connectivity index (χ2v) is 3.36. The van der Waals surface area contributed by atoms with Gasteiger partial charge in [-0.15, -0.1) is 0 Å². The Kier molecular flexibility index (Phi) is 7.35. The van der Waals surface area contributed by atoms with E-state index in [0.717, 1.165) is 0 Å². The molecule has 0 aromatic rings. The highest BCUT2D eigenvalue weighted by Crippen LogP contribution is 2.03. The maximum absolute atomic E-state index is 9.43. The molecule has 0 saturated heterocycles. The third-order valence-corrected chi connectivity index (χ3v) is 2.20. The molecule has 0 aromatic carbocycles. The fraction of sp³-hybridized carbons (Fsp3) is 1.00. The third-order valence-electron chi connectivity index (χ3n) is 1.76. The fourth-order valence-corrected chi connectivity index (χ4v) is 1.47. The molecule has 3 atom stereocenters. The van der Waals surface area contributed by atoms with Crippen molar-refractivity contribution in [2.45, 2.75) is 31.6 Å². The first-order valence-corrected chi connectivity index (χ1v) is 5.46. The first kappa shape index (κ1) is 12.6. The molecule has 4 N–H and O–H groups in total. The number of nitrogens with one attached hydrogen (secondary N) is 1. The zero-order valence-corrected chi connectivity index (χ0v) is 9.23. The van der Waals surface area contributed by atoms with Crippen LogP contribution < -0.4 is 5.32 Å². The predicted octanol–water partition coefficient (Wildman–Crippen LogP) is -0.539. The van der Waals surface area contributed by atoms with Crippen molar-refractivity contribution in [3.8, 4) is 0 Å². The predicted molar refractivity (Wildman–Crippen MR) is 55.2 cm³/mol. The lowest BCUT2D eigenvalue weighted by Gasteiger charge is -2.24. The number of halogens is 1. The highest BCUT2D eigenvalue weighted by atomic mass is 127. The van der Waals surface area contributed by atoms with Crippen molar-refractivity contribution in [1.29, 1.82) is 0 Å². The largest absolute Gasteiger partial charge is 0.395 e. The van der Waals surface area contributed by atoms with Crippen LogP contribution in [0.2, 0.25) is 0 Å². The van der Waals surface area contributed by atoms with Crippen LogP contribution in [0.5, 0.6) is 0 Å². The lowest BCUT2D eigenvalue weighted by Crippen LogP contribution is -2.47. The Labute approximate surface area is 86.1 Å². The first-order chi connectivity index (χ1) is 5.67. The van der Waals surface area contributed by atoms with Crippen LogP contribution in [0, 0.1) is 0 Å². The number of hydrogen-bond donors (Lipinski definition) is 4. The number of alkyl halides is 1. The van der Waals surface area contributed by atoms with Gasteiger partial charge < -0.3 is 20.6 Å². The maximum atomic E-state index is 9.43. The highest BCUT2D eigenvalue weighted by molar-refractivity contribution is 14.1. The summed E-state index contributed by atoms with van der Waals surface area (Å²) in [5.41, 5.74) is 0. The zero-order chi connectivity index (χ0) is 9.56. The van der Waals surface area contributed by atoms with Crippen LogP contribution in [-0.2, 0) is 0 Å². The van der Waals surface area contributed by atoms with E-state index < -0.39 is 18.2 Å². The summed E-state index contributed by atoms with van der Waals surface area (Å²) in [4.78, 5) is 0. The smallest absolute Gasteiger partial charge is 0.0974 e. The minimum absolute atomic E-state index is 0.165. The average Bonchev–Trinajstić information content (AvgIpc) is 2.11. The van der Waals surface area contributed by atoms with Crippen molar-refractivity contribution in [3.05, 3.63) is 0 Å². The number of aliphatic hydroxyl groups excluding tert-OH is 3. The summed E-state index contributed by atoms with van der Waals surface area (Å²) in [5.74, 6) is 0. The van der Waals surface area contributed by atoms with E-state index in [0.29, 0.717) is 11.0 Å². The van der Waals surface area contributed by atoms with Crippen molar-refractivity contribution >= 4 is 22.6 Å². The van der Waals surface area contributed by atoms with Gasteiger partial charge in [-0.3, -0.25) is 0 Å². The van der Waals surface area contributed by atoms with Crippen LogP contribution in [-0.4, -0.2) is 44.7 Å². The van der Waals surface area contributed by atoms with Crippen LogP contribution in [0.4, 0.5) is 0 Å². The van der Waals surface area contributed by atoms with E-state index >= 15 is 0 Å². The van der Waals surface area contributed by atoms with Gasteiger partial charge in [0.1, 0.15) is 0 Å². The molecule has 0 aromatic heterocycles. The van der Waals surface area contributed by atoms with Gasteiger partial charge in [0, 0.05) is 4.55 Å². The van der Waals surface area contributed by atoms with Gasteiger partial charge in [-0.2, -0.15) is 0 Å². The topological polar surface area (TPSA) is 72.7 Å². The molecule has 0 heterocycles. The van der Waals surface area contributed by atoms with Gasteiger partial charge in [-0.1, -0.05) is 29.5 Å². The Morgan fingerprint density at radius 1 is 1.42 bits per heavy atom. The molecule has 0 aliphatic rings. The Hall–Kier alpha value is 0.570. The summed E-state index contributed by atoms with van der Waals surface area (Å²) in [6.07, 6.45) is -1.17. The molecule has 74 valence electrons. The van der Waals surface area contributed by atoms with Crippen LogP contribution in [0.1, 0.15) is 13.3 Å². The fourth-order valence-electron chi connectivity index (χ4n) is 0.902. The monoisotopic (exact) mass is 289 g/mol. The Morgan fingerprint density at radius 3 is 2.33 bits per heavy atom. The molecule has 4 nitrogen and oxygen atoms in total. The lowest BCUT2D eigenvalue weighted by molar-refractivity contribution is -0.0161. The van der Waals surface area contributed by atoms with Gasteiger partial charge >= 0.3 is 0 Å². The molecule has 0 radical (unpaired) electrons. The molecule has 3 unspecified atom stereocenters. The Bertz CT molecular complexity index is 115. The van der Waals surface area contributed by atoms with E-state index in [-0.39, 0.29) is 6.61 Å². The zero-order valence-electron chi connectivity index (χ0n) is 7.07. The summed E-state index contributed by atoms with van der Waals surface area (Å²) in [6.45, 7) is 1.62. The molecule has 0 bridgehead atoms.